The Morgan fingerprint density at radius 1 is 0.917 bits per heavy atom. The Bertz CT molecular complexity index is 877. The van der Waals surface area contributed by atoms with Gasteiger partial charge in [-0.3, -0.25) is 20.4 Å². The number of rotatable bonds is 3. The van der Waals surface area contributed by atoms with Gasteiger partial charge in [-0.25, -0.2) is 4.68 Å². The molecule has 0 saturated heterocycles. The number of carbonyl (C=O) groups is 2. The summed E-state index contributed by atoms with van der Waals surface area (Å²) in [5, 5.41) is 4.69. The van der Waals surface area contributed by atoms with E-state index in [0.717, 1.165) is 5.69 Å². The van der Waals surface area contributed by atoms with E-state index < -0.39 is 11.8 Å². The number of carbonyl (C=O) groups excluding carboxylic acids is 2. The monoisotopic (exact) mass is 340 g/mol. The third kappa shape index (κ3) is 3.61. The van der Waals surface area contributed by atoms with Crippen LogP contribution < -0.4 is 10.9 Å². The van der Waals surface area contributed by atoms with Crippen molar-refractivity contribution < 1.29 is 9.59 Å². The van der Waals surface area contributed by atoms with Crippen LogP contribution in [-0.4, -0.2) is 21.6 Å². The summed E-state index contributed by atoms with van der Waals surface area (Å²) >= 11 is 5.94. The molecule has 0 aliphatic rings. The van der Waals surface area contributed by atoms with Crippen molar-refractivity contribution in [2.24, 2.45) is 0 Å². The molecular weight excluding hydrogens is 328 g/mol. The normalized spacial score (nSPS) is 10.2. The van der Waals surface area contributed by atoms with Crippen LogP contribution in [-0.2, 0) is 0 Å². The van der Waals surface area contributed by atoms with Crippen molar-refractivity contribution in [3.63, 3.8) is 0 Å². The first kappa shape index (κ1) is 15.8. The minimum Gasteiger partial charge on any atom is -0.267 e. The van der Waals surface area contributed by atoms with Gasteiger partial charge in [0.25, 0.3) is 11.8 Å². The van der Waals surface area contributed by atoms with Crippen molar-refractivity contribution in [1.29, 1.82) is 0 Å². The fourth-order valence-electron chi connectivity index (χ4n) is 2.05. The molecule has 0 saturated carbocycles. The van der Waals surface area contributed by atoms with E-state index in [1.165, 1.54) is 10.9 Å². The van der Waals surface area contributed by atoms with E-state index in [1.807, 2.05) is 6.07 Å². The molecular formula is C17H13ClN4O2. The molecule has 7 heteroatoms. The Balaban J connectivity index is 1.65. The molecule has 120 valence electrons. The summed E-state index contributed by atoms with van der Waals surface area (Å²) in [6, 6.07) is 15.7. The van der Waals surface area contributed by atoms with Gasteiger partial charge in [0, 0.05) is 16.8 Å². The van der Waals surface area contributed by atoms with Gasteiger partial charge in [0.1, 0.15) is 0 Å². The summed E-state index contributed by atoms with van der Waals surface area (Å²) in [5.74, 6) is -0.862. The van der Waals surface area contributed by atoms with Gasteiger partial charge in [-0.1, -0.05) is 35.9 Å². The summed E-state index contributed by atoms with van der Waals surface area (Å²) in [6.45, 7) is 0. The highest BCUT2D eigenvalue weighted by atomic mass is 35.5. The fourth-order valence-corrected chi connectivity index (χ4v) is 2.23. The van der Waals surface area contributed by atoms with Crippen molar-refractivity contribution in [1.82, 2.24) is 20.6 Å². The maximum absolute atomic E-state index is 12.1. The van der Waals surface area contributed by atoms with E-state index >= 15 is 0 Å². The summed E-state index contributed by atoms with van der Waals surface area (Å²) in [4.78, 5) is 24.0. The molecule has 24 heavy (non-hydrogen) atoms. The highest BCUT2D eigenvalue weighted by Gasteiger charge is 2.11. The average Bonchev–Trinajstić information content (AvgIpc) is 3.10. The van der Waals surface area contributed by atoms with Crippen LogP contribution in [0.1, 0.15) is 20.7 Å². The maximum atomic E-state index is 12.1. The number of aromatic nitrogens is 2. The van der Waals surface area contributed by atoms with Crippen molar-refractivity contribution in [2.75, 3.05) is 0 Å². The minimum atomic E-state index is -0.465. The van der Waals surface area contributed by atoms with E-state index in [4.69, 9.17) is 11.6 Å². The molecule has 0 unspecified atom stereocenters. The Morgan fingerprint density at radius 3 is 2.33 bits per heavy atom. The van der Waals surface area contributed by atoms with E-state index in [-0.39, 0.29) is 0 Å². The van der Waals surface area contributed by atoms with Crippen molar-refractivity contribution in [3.8, 4) is 5.69 Å². The first-order valence-electron chi connectivity index (χ1n) is 7.10. The SMILES string of the molecule is O=C(NNC(=O)c1cnn(-c2cccc(Cl)c2)c1)c1ccccc1. The first-order chi connectivity index (χ1) is 11.6. The lowest BCUT2D eigenvalue weighted by Crippen LogP contribution is -2.41. The van der Waals surface area contributed by atoms with E-state index in [1.54, 1.807) is 54.7 Å². The molecule has 2 aromatic carbocycles. The lowest BCUT2D eigenvalue weighted by atomic mass is 10.2. The topological polar surface area (TPSA) is 76.0 Å². The Hall–Kier alpha value is -3.12. The third-order valence-electron chi connectivity index (χ3n) is 3.24. The quantitative estimate of drug-likeness (QED) is 0.719. The second-order valence-electron chi connectivity index (χ2n) is 4.93. The maximum Gasteiger partial charge on any atom is 0.272 e. The number of hydrogen-bond acceptors (Lipinski definition) is 3. The zero-order valence-electron chi connectivity index (χ0n) is 12.4. The number of amides is 2. The fraction of sp³-hybridized carbons (Fsp3) is 0. The molecule has 3 aromatic rings. The zero-order chi connectivity index (χ0) is 16.9. The number of nitrogens with one attached hydrogen (secondary N) is 2. The molecule has 2 amide bonds. The first-order valence-corrected chi connectivity index (χ1v) is 7.47. The van der Waals surface area contributed by atoms with Gasteiger partial charge < -0.3 is 0 Å². The molecule has 0 radical (unpaired) electrons. The number of halogens is 1. The second kappa shape index (κ2) is 6.97. The molecule has 0 spiro atoms. The van der Waals surface area contributed by atoms with Crippen LogP contribution in [0.5, 0.6) is 0 Å². The largest absolute Gasteiger partial charge is 0.272 e. The number of hydrogen-bond donors (Lipinski definition) is 2. The number of nitrogens with zero attached hydrogens (tertiary/aromatic N) is 2. The average molecular weight is 341 g/mol. The predicted octanol–water partition coefficient (Wildman–Crippen LogP) is 2.60. The van der Waals surface area contributed by atoms with Gasteiger partial charge in [-0.15, -0.1) is 0 Å². The van der Waals surface area contributed by atoms with Crippen LogP contribution in [0.2, 0.25) is 5.02 Å². The van der Waals surface area contributed by atoms with Gasteiger partial charge in [-0.05, 0) is 30.3 Å². The molecule has 1 aromatic heterocycles. The molecule has 0 bridgehead atoms. The van der Waals surface area contributed by atoms with Crippen LogP contribution >= 0.6 is 11.6 Å². The summed E-state index contributed by atoms with van der Waals surface area (Å²) < 4.78 is 1.53. The summed E-state index contributed by atoms with van der Waals surface area (Å²) in [5.41, 5.74) is 6.21. The molecule has 2 N–H and O–H groups in total. The second-order valence-corrected chi connectivity index (χ2v) is 5.36. The zero-order valence-corrected chi connectivity index (χ0v) is 13.2. The van der Waals surface area contributed by atoms with Crippen molar-refractivity contribution >= 4 is 23.4 Å². The van der Waals surface area contributed by atoms with Gasteiger partial charge in [-0.2, -0.15) is 5.10 Å². The van der Waals surface area contributed by atoms with Crippen molar-refractivity contribution in [2.45, 2.75) is 0 Å². The smallest absolute Gasteiger partial charge is 0.267 e. The molecule has 0 aliphatic heterocycles. The standard InChI is InChI=1S/C17H13ClN4O2/c18-14-7-4-8-15(9-14)22-11-13(10-19-22)17(24)21-20-16(23)12-5-2-1-3-6-12/h1-11H,(H,20,23)(H,21,24). The summed E-state index contributed by atoms with van der Waals surface area (Å²) in [7, 11) is 0. The number of benzene rings is 2. The lowest BCUT2D eigenvalue weighted by molar-refractivity contribution is 0.0846. The lowest BCUT2D eigenvalue weighted by Gasteiger charge is -2.06. The Labute approximate surface area is 143 Å². The molecule has 1 heterocycles. The third-order valence-corrected chi connectivity index (χ3v) is 3.48. The Morgan fingerprint density at radius 2 is 1.62 bits per heavy atom. The number of hydrazine groups is 1. The minimum absolute atomic E-state index is 0.309. The van der Waals surface area contributed by atoms with Gasteiger partial charge in [0.15, 0.2) is 0 Å². The Kier molecular flexibility index (Phi) is 4.58. The van der Waals surface area contributed by atoms with Crippen LogP contribution in [0.3, 0.4) is 0 Å². The van der Waals surface area contributed by atoms with Gasteiger partial charge in [0.2, 0.25) is 0 Å². The van der Waals surface area contributed by atoms with Gasteiger partial charge in [0.05, 0.1) is 17.4 Å². The van der Waals surface area contributed by atoms with E-state index in [9.17, 15) is 9.59 Å². The van der Waals surface area contributed by atoms with Crippen LogP contribution in [0, 0.1) is 0 Å². The van der Waals surface area contributed by atoms with Crippen molar-refractivity contribution in [3.05, 3.63) is 83.1 Å². The summed E-state index contributed by atoms with van der Waals surface area (Å²) in [6.07, 6.45) is 2.96. The van der Waals surface area contributed by atoms with E-state index in [0.29, 0.717) is 16.1 Å². The highest BCUT2D eigenvalue weighted by Crippen LogP contribution is 2.14. The molecule has 6 nitrogen and oxygen atoms in total. The molecule has 3 rings (SSSR count). The molecule has 0 fully saturated rings. The van der Waals surface area contributed by atoms with Crippen LogP contribution in [0.15, 0.2) is 67.0 Å². The van der Waals surface area contributed by atoms with E-state index in [2.05, 4.69) is 16.0 Å². The molecule has 0 atom stereocenters. The highest BCUT2D eigenvalue weighted by molar-refractivity contribution is 6.30. The van der Waals surface area contributed by atoms with Crippen LogP contribution in [0.25, 0.3) is 5.69 Å². The van der Waals surface area contributed by atoms with Gasteiger partial charge >= 0.3 is 0 Å². The van der Waals surface area contributed by atoms with Crippen LogP contribution in [0.4, 0.5) is 0 Å². The molecule has 0 aliphatic carbocycles. The predicted molar refractivity (Wildman–Crippen MR) is 89.9 cm³/mol.